The highest BCUT2D eigenvalue weighted by Crippen LogP contribution is 2.41. The van der Waals surface area contributed by atoms with Crippen LogP contribution in [-0.4, -0.2) is 24.5 Å². The zero-order chi connectivity index (χ0) is 15.5. The molecule has 0 aliphatic heterocycles. The van der Waals surface area contributed by atoms with Crippen LogP contribution in [0, 0.1) is 17.3 Å². The smallest absolute Gasteiger partial charge is 0.355 e. The number of halogens is 4. The van der Waals surface area contributed by atoms with Gasteiger partial charge in [0.2, 0.25) is 5.91 Å². The third-order valence-corrected chi connectivity index (χ3v) is 5.66. The molecule has 0 radical (unpaired) electrons. The van der Waals surface area contributed by atoms with Gasteiger partial charge in [0.25, 0.3) is 0 Å². The van der Waals surface area contributed by atoms with Gasteiger partial charge in [-0.1, -0.05) is 19.3 Å². The Kier molecular flexibility index (Phi) is 5.44. The third-order valence-electron chi connectivity index (χ3n) is 5.09. The lowest BCUT2D eigenvalue weighted by Gasteiger charge is -2.31. The summed E-state index contributed by atoms with van der Waals surface area (Å²) in [6, 6.07) is 0. The summed E-state index contributed by atoms with van der Waals surface area (Å²) in [5.74, 6) is -1.54. The fourth-order valence-electron chi connectivity index (χ4n) is 3.63. The summed E-state index contributed by atoms with van der Waals surface area (Å²) in [5, 5.41) is 2.87. The van der Waals surface area contributed by atoms with E-state index in [4.69, 9.17) is 11.6 Å². The van der Waals surface area contributed by atoms with Gasteiger partial charge in [-0.25, -0.2) is 0 Å². The number of carbonyl (C=O) groups excluding carboxylic acids is 1. The van der Waals surface area contributed by atoms with Crippen LogP contribution < -0.4 is 5.32 Å². The average molecular weight is 326 g/mol. The van der Waals surface area contributed by atoms with Crippen LogP contribution in [0.2, 0.25) is 0 Å². The van der Waals surface area contributed by atoms with Crippen LogP contribution >= 0.6 is 11.6 Å². The standard InChI is InChI=1S/C15H23ClF3NO/c16-9-14(6-1-2-7-14)10-20-13(21)11-4-3-5-12(8-11)15(17,18)19/h11-12H,1-10H2,(H,20,21). The Bertz CT molecular complexity index is 366. The molecule has 2 aliphatic rings. The molecule has 0 saturated heterocycles. The van der Waals surface area contributed by atoms with Crippen molar-refractivity contribution in [2.75, 3.05) is 12.4 Å². The topological polar surface area (TPSA) is 29.1 Å². The summed E-state index contributed by atoms with van der Waals surface area (Å²) < 4.78 is 38.3. The number of nitrogens with one attached hydrogen (secondary N) is 1. The van der Waals surface area contributed by atoms with Crippen molar-refractivity contribution in [2.24, 2.45) is 17.3 Å². The molecule has 0 heterocycles. The van der Waals surface area contributed by atoms with Crippen LogP contribution in [0.1, 0.15) is 51.4 Å². The van der Waals surface area contributed by atoms with Gasteiger partial charge in [-0.2, -0.15) is 13.2 Å². The van der Waals surface area contributed by atoms with E-state index in [0.29, 0.717) is 25.3 Å². The molecule has 0 spiro atoms. The Morgan fingerprint density at radius 1 is 1.19 bits per heavy atom. The van der Waals surface area contributed by atoms with Gasteiger partial charge < -0.3 is 5.32 Å². The molecule has 0 aromatic heterocycles. The summed E-state index contributed by atoms with van der Waals surface area (Å²) in [7, 11) is 0. The maximum absolute atomic E-state index is 12.8. The first-order valence-corrected chi connectivity index (χ1v) is 8.30. The van der Waals surface area contributed by atoms with Crippen LogP contribution in [0.3, 0.4) is 0 Å². The lowest BCUT2D eigenvalue weighted by Crippen LogP contribution is -2.42. The molecule has 0 bridgehead atoms. The van der Waals surface area contributed by atoms with E-state index < -0.39 is 18.0 Å². The van der Waals surface area contributed by atoms with Gasteiger partial charge in [0.15, 0.2) is 0 Å². The quantitative estimate of drug-likeness (QED) is 0.768. The fraction of sp³-hybridized carbons (Fsp3) is 0.933. The van der Waals surface area contributed by atoms with Crippen LogP contribution in [0.4, 0.5) is 13.2 Å². The van der Waals surface area contributed by atoms with E-state index in [1.54, 1.807) is 0 Å². The molecular formula is C15H23ClF3NO. The number of carbonyl (C=O) groups is 1. The van der Waals surface area contributed by atoms with E-state index in [1.165, 1.54) is 0 Å². The molecule has 2 fully saturated rings. The molecule has 21 heavy (non-hydrogen) atoms. The summed E-state index contributed by atoms with van der Waals surface area (Å²) in [4.78, 5) is 12.2. The monoisotopic (exact) mass is 325 g/mol. The molecule has 1 N–H and O–H groups in total. The molecule has 1 amide bonds. The van der Waals surface area contributed by atoms with Gasteiger partial charge in [0, 0.05) is 23.8 Å². The zero-order valence-electron chi connectivity index (χ0n) is 12.1. The lowest BCUT2D eigenvalue weighted by atomic mass is 9.80. The molecular weight excluding hydrogens is 303 g/mol. The van der Waals surface area contributed by atoms with Gasteiger partial charge in [-0.05, 0) is 32.1 Å². The Morgan fingerprint density at radius 2 is 1.86 bits per heavy atom. The first-order chi connectivity index (χ1) is 9.86. The number of hydrogen-bond acceptors (Lipinski definition) is 1. The number of alkyl halides is 4. The summed E-state index contributed by atoms with van der Waals surface area (Å²) in [6.07, 6.45) is 1.16. The van der Waals surface area contributed by atoms with Crippen LogP contribution in [0.5, 0.6) is 0 Å². The molecule has 0 aromatic rings. The SMILES string of the molecule is O=C(NCC1(CCl)CCCC1)C1CCCC(C(F)(F)F)C1. The molecule has 2 unspecified atom stereocenters. The van der Waals surface area contributed by atoms with Crippen molar-refractivity contribution in [1.29, 1.82) is 0 Å². The highest BCUT2D eigenvalue weighted by molar-refractivity contribution is 6.18. The molecule has 2 atom stereocenters. The molecule has 2 nitrogen and oxygen atoms in total. The van der Waals surface area contributed by atoms with E-state index in [-0.39, 0.29) is 24.2 Å². The molecule has 2 saturated carbocycles. The van der Waals surface area contributed by atoms with E-state index in [9.17, 15) is 18.0 Å². The first-order valence-electron chi connectivity index (χ1n) is 7.77. The fourth-order valence-corrected chi connectivity index (χ4v) is 3.99. The van der Waals surface area contributed by atoms with Crippen molar-refractivity contribution >= 4 is 17.5 Å². The largest absolute Gasteiger partial charge is 0.391 e. The van der Waals surface area contributed by atoms with Gasteiger partial charge in [0.05, 0.1) is 5.92 Å². The second-order valence-electron chi connectivity index (χ2n) is 6.66. The van der Waals surface area contributed by atoms with Crippen molar-refractivity contribution < 1.29 is 18.0 Å². The highest BCUT2D eigenvalue weighted by Gasteiger charge is 2.43. The predicted octanol–water partition coefficient (Wildman–Crippen LogP) is 4.27. The second kappa shape index (κ2) is 6.76. The Labute approximate surface area is 128 Å². The van der Waals surface area contributed by atoms with Crippen LogP contribution in [0.25, 0.3) is 0 Å². The Morgan fingerprint density at radius 3 is 2.43 bits per heavy atom. The van der Waals surface area contributed by atoms with Crippen molar-refractivity contribution in [3.05, 3.63) is 0 Å². The number of amides is 1. The Balaban J connectivity index is 1.85. The van der Waals surface area contributed by atoms with Crippen LogP contribution in [-0.2, 0) is 4.79 Å². The molecule has 122 valence electrons. The molecule has 2 aliphatic carbocycles. The average Bonchev–Trinajstić information content (AvgIpc) is 2.93. The Hall–Kier alpha value is -0.450. The van der Waals surface area contributed by atoms with Crippen LogP contribution in [0.15, 0.2) is 0 Å². The number of hydrogen-bond donors (Lipinski definition) is 1. The van der Waals surface area contributed by atoms with E-state index in [1.807, 2.05) is 0 Å². The molecule has 6 heteroatoms. The van der Waals surface area contributed by atoms with Gasteiger partial charge in [0.1, 0.15) is 0 Å². The second-order valence-corrected chi connectivity index (χ2v) is 6.93. The van der Waals surface area contributed by atoms with Crippen molar-refractivity contribution in [3.63, 3.8) is 0 Å². The summed E-state index contributed by atoms with van der Waals surface area (Å²) >= 11 is 6.02. The maximum atomic E-state index is 12.8. The van der Waals surface area contributed by atoms with Gasteiger partial charge in [-0.3, -0.25) is 4.79 Å². The van der Waals surface area contributed by atoms with Crippen molar-refractivity contribution in [3.8, 4) is 0 Å². The van der Waals surface area contributed by atoms with Crippen molar-refractivity contribution in [1.82, 2.24) is 5.32 Å². The minimum atomic E-state index is -4.18. The maximum Gasteiger partial charge on any atom is 0.391 e. The minimum Gasteiger partial charge on any atom is -0.355 e. The summed E-state index contributed by atoms with van der Waals surface area (Å²) in [5.41, 5.74) is -0.0463. The minimum absolute atomic E-state index is 0.0463. The molecule has 0 aromatic carbocycles. The number of rotatable bonds is 4. The van der Waals surface area contributed by atoms with E-state index in [2.05, 4.69) is 5.32 Å². The lowest BCUT2D eigenvalue weighted by molar-refractivity contribution is -0.186. The zero-order valence-corrected chi connectivity index (χ0v) is 12.9. The van der Waals surface area contributed by atoms with E-state index >= 15 is 0 Å². The normalized spacial score (nSPS) is 29.3. The van der Waals surface area contributed by atoms with Gasteiger partial charge in [-0.15, -0.1) is 11.6 Å². The summed E-state index contributed by atoms with van der Waals surface area (Å²) in [6.45, 7) is 0.502. The van der Waals surface area contributed by atoms with E-state index in [0.717, 1.165) is 25.7 Å². The molecule has 2 rings (SSSR count). The highest BCUT2D eigenvalue weighted by atomic mass is 35.5. The first kappa shape index (κ1) is 16.9. The van der Waals surface area contributed by atoms with Crippen molar-refractivity contribution in [2.45, 2.75) is 57.5 Å². The predicted molar refractivity (Wildman–Crippen MR) is 76.1 cm³/mol. The third kappa shape index (κ3) is 4.27. The van der Waals surface area contributed by atoms with Gasteiger partial charge >= 0.3 is 6.18 Å².